The summed E-state index contributed by atoms with van der Waals surface area (Å²) >= 11 is 0. The van der Waals surface area contributed by atoms with Crippen molar-refractivity contribution in [2.45, 2.75) is 38.8 Å². The van der Waals surface area contributed by atoms with Gasteiger partial charge in [0.25, 0.3) is 0 Å². The Labute approximate surface area is 113 Å². The molecular formula is C13H22N2O4. The molecule has 19 heavy (non-hydrogen) atoms. The number of hydrogen-bond acceptors (Lipinski definition) is 4. The van der Waals surface area contributed by atoms with Gasteiger partial charge < -0.3 is 14.7 Å². The monoisotopic (exact) mass is 270 g/mol. The van der Waals surface area contributed by atoms with E-state index in [0.717, 1.165) is 13.1 Å². The largest absolute Gasteiger partial charge is 0.481 e. The maximum Gasteiger partial charge on any atom is 0.410 e. The molecule has 6 nitrogen and oxygen atoms in total. The van der Waals surface area contributed by atoms with Crippen LogP contribution in [0.3, 0.4) is 0 Å². The van der Waals surface area contributed by atoms with Crippen LogP contribution in [0.4, 0.5) is 4.79 Å². The lowest BCUT2D eigenvalue weighted by molar-refractivity contribution is -0.143. The number of fused-ring (bicyclic) bond motifs is 1. The Kier molecular flexibility index (Phi) is 3.71. The second-order valence-corrected chi connectivity index (χ2v) is 6.26. The Hall–Kier alpha value is -1.30. The van der Waals surface area contributed by atoms with Crippen molar-refractivity contribution in [1.82, 2.24) is 9.80 Å². The number of piperazine rings is 1. The van der Waals surface area contributed by atoms with E-state index >= 15 is 0 Å². The zero-order chi connectivity index (χ0) is 14.2. The molecule has 0 aromatic rings. The Morgan fingerprint density at radius 3 is 2.47 bits per heavy atom. The summed E-state index contributed by atoms with van der Waals surface area (Å²) < 4.78 is 5.34. The number of carbonyl (C=O) groups is 2. The van der Waals surface area contributed by atoms with Crippen LogP contribution >= 0.6 is 0 Å². The van der Waals surface area contributed by atoms with E-state index < -0.39 is 11.6 Å². The van der Waals surface area contributed by atoms with Crippen LogP contribution in [0.5, 0.6) is 0 Å². The quantitative estimate of drug-likeness (QED) is 0.770. The van der Waals surface area contributed by atoms with Crippen LogP contribution in [0, 0.1) is 5.92 Å². The fraction of sp³-hybridized carbons (Fsp3) is 0.846. The first-order valence-corrected chi connectivity index (χ1v) is 6.73. The highest BCUT2D eigenvalue weighted by molar-refractivity contribution is 5.72. The maximum atomic E-state index is 12.0. The standard InChI is InChI=1S/C13H22N2O4/c1-13(2,3)19-12(18)15-7-6-14-5-4-9(11(16)17)10(14)8-15/h9-10H,4-8H2,1-3H3,(H,16,17)/t9-,10+/m1/s1. The van der Waals surface area contributed by atoms with E-state index in [2.05, 4.69) is 4.90 Å². The molecule has 0 radical (unpaired) electrons. The van der Waals surface area contributed by atoms with Crippen LogP contribution in [0.15, 0.2) is 0 Å². The van der Waals surface area contributed by atoms with Crippen molar-refractivity contribution in [2.24, 2.45) is 5.92 Å². The minimum absolute atomic E-state index is 0.0706. The van der Waals surface area contributed by atoms with Crippen LogP contribution in [0.2, 0.25) is 0 Å². The second-order valence-electron chi connectivity index (χ2n) is 6.26. The smallest absolute Gasteiger partial charge is 0.410 e. The Bertz CT molecular complexity index is 377. The molecule has 1 amide bonds. The number of rotatable bonds is 1. The molecule has 108 valence electrons. The molecule has 2 heterocycles. The van der Waals surface area contributed by atoms with Crippen LogP contribution in [0.1, 0.15) is 27.2 Å². The van der Waals surface area contributed by atoms with E-state index in [4.69, 9.17) is 4.74 Å². The van der Waals surface area contributed by atoms with Gasteiger partial charge >= 0.3 is 12.1 Å². The van der Waals surface area contributed by atoms with Gasteiger partial charge in [0, 0.05) is 25.7 Å². The predicted octanol–water partition coefficient (Wildman–Crippen LogP) is 1.01. The molecular weight excluding hydrogens is 248 g/mol. The van der Waals surface area contributed by atoms with Crippen molar-refractivity contribution in [1.29, 1.82) is 0 Å². The lowest BCUT2D eigenvalue weighted by atomic mass is 9.99. The van der Waals surface area contributed by atoms with Gasteiger partial charge in [-0.3, -0.25) is 9.69 Å². The van der Waals surface area contributed by atoms with Crippen molar-refractivity contribution in [3.63, 3.8) is 0 Å². The zero-order valence-electron chi connectivity index (χ0n) is 11.8. The highest BCUT2D eigenvalue weighted by Gasteiger charge is 2.43. The predicted molar refractivity (Wildman–Crippen MR) is 68.9 cm³/mol. The molecule has 0 unspecified atom stereocenters. The SMILES string of the molecule is CC(C)(C)OC(=O)N1CCN2CC[C@@H](C(=O)O)[C@@H]2C1. The van der Waals surface area contributed by atoms with Crippen molar-refractivity contribution in [3.05, 3.63) is 0 Å². The van der Waals surface area contributed by atoms with Crippen molar-refractivity contribution < 1.29 is 19.4 Å². The normalized spacial score (nSPS) is 28.1. The Morgan fingerprint density at radius 2 is 1.89 bits per heavy atom. The van der Waals surface area contributed by atoms with Gasteiger partial charge in [0.2, 0.25) is 0 Å². The van der Waals surface area contributed by atoms with Gasteiger partial charge in [0.15, 0.2) is 0 Å². The number of carboxylic acids is 1. The fourth-order valence-corrected chi connectivity index (χ4v) is 2.78. The molecule has 2 atom stereocenters. The highest BCUT2D eigenvalue weighted by atomic mass is 16.6. The third kappa shape index (κ3) is 3.18. The number of carboxylic acid groups (broad SMARTS) is 1. The summed E-state index contributed by atoms with van der Waals surface area (Å²) in [5, 5.41) is 9.20. The number of ether oxygens (including phenoxy) is 1. The van der Waals surface area contributed by atoms with Gasteiger partial charge in [-0.2, -0.15) is 0 Å². The average molecular weight is 270 g/mol. The summed E-state index contributed by atoms with van der Waals surface area (Å²) in [6, 6.07) is -0.0706. The summed E-state index contributed by atoms with van der Waals surface area (Å²) in [5.41, 5.74) is -0.518. The molecule has 0 aromatic carbocycles. The number of aliphatic carboxylic acids is 1. The Balaban J connectivity index is 1.99. The molecule has 2 fully saturated rings. The van der Waals surface area contributed by atoms with E-state index in [0.29, 0.717) is 19.5 Å². The van der Waals surface area contributed by atoms with Gasteiger partial charge in [-0.15, -0.1) is 0 Å². The minimum Gasteiger partial charge on any atom is -0.481 e. The van der Waals surface area contributed by atoms with Crippen LogP contribution in [0.25, 0.3) is 0 Å². The molecule has 2 aliphatic rings. The van der Waals surface area contributed by atoms with E-state index in [1.54, 1.807) is 4.90 Å². The second kappa shape index (κ2) is 5.00. The molecule has 0 bridgehead atoms. The van der Waals surface area contributed by atoms with E-state index in [9.17, 15) is 14.7 Å². The molecule has 0 aliphatic carbocycles. The first-order valence-electron chi connectivity index (χ1n) is 6.73. The van der Waals surface area contributed by atoms with Gasteiger partial charge in [-0.05, 0) is 33.7 Å². The topological polar surface area (TPSA) is 70.1 Å². The number of hydrogen-bond donors (Lipinski definition) is 1. The third-order valence-corrected chi connectivity index (χ3v) is 3.69. The van der Waals surface area contributed by atoms with Crippen LogP contribution in [-0.4, -0.2) is 64.8 Å². The third-order valence-electron chi connectivity index (χ3n) is 3.69. The lowest BCUT2D eigenvalue weighted by Gasteiger charge is -2.39. The molecule has 0 spiro atoms. The van der Waals surface area contributed by atoms with E-state index in [1.165, 1.54) is 0 Å². The molecule has 2 aliphatic heterocycles. The first-order chi connectivity index (χ1) is 8.78. The molecule has 0 saturated carbocycles. The zero-order valence-corrected chi connectivity index (χ0v) is 11.8. The van der Waals surface area contributed by atoms with Crippen LogP contribution in [-0.2, 0) is 9.53 Å². The Morgan fingerprint density at radius 1 is 1.21 bits per heavy atom. The lowest BCUT2D eigenvalue weighted by Crippen LogP contribution is -2.55. The van der Waals surface area contributed by atoms with Gasteiger partial charge in [-0.25, -0.2) is 4.79 Å². The van der Waals surface area contributed by atoms with Gasteiger partial charge in [-0.1, -0.05) is 0 Å². The van der Waals surface area contributed by atoms with Crippen molar-refractivity contribution in [2.75, 3.05) is 26.2 Å². The summed E-state index contributed by atoms with van der Waals surface area (Å²) in [5.74, 6) is -1.14. The van der Waals surface area contributed by atoms with Gasteiger partial charge in [0.1, 0.15) is 5.60 Å². The number of nitrogens with zero attached hydrogens (tertiary/aromatic N) is 2. The molecule has 2 saturated heterocycles. The van der Waals surface area contributed by atoms with E-state index in [1.807, 2.05) is 20.8 Å². The summed E-state index contributed by atoms with van der Waals surface area (Å²) in [6.45, 7) is 8.09. The number of carbonyl (C=O) groups excluding carboxylic acids is 1. The first kappa shape index (κ1) is 14.1. The average Bonchev–Trinajstić information content (AvgIpc) is 2.68. The summed E-state index contributed by atoms with van der Waals surface area (Å²) in [7, 11) is 0. The van der Waals surface area contributed by atoms with E-state index in [-0.39, 0.29) is 18.1 Å². The van der Waals surface area contributed by atoms with Crippen molar-refractivity contribution >= 4 is 12.1 Å². The van der Waals surface area contributed by atoms with Crippen LogP contribution < -0.4 is 0 Å². The minimum atomic E-state index is -0.765. The number of amides is 1. The summed E-state index contributed by atoms with van der Waals surface area (Å²) in [6.07, 6.45) is 0.325. The van der Waals surface area contributed by atoms with Gasteiger partial charge in [0.05, 0.1) is 5.92 Å². The molecule has 1 N–H and O–H groups in total. The maximum absolute atomic E-state index is 12.0. The molecule has 2 rings (SSSR count). The molecule has 6 heteroatoms. The highest BCUT2D eigenvalue weighted by Crippen LogP contribution is 2.28. The fourth-order valence-electron chi connectivity index (χ4n) is 2.78. The molecule has 0 aromatic heterocycles. The summed E-state index contributed by atoms with van der Waals surface area (Å²) in [4.78, 5) is 27.0. The van der Waals surface area contributed by atoms with Crippen molar-refractivity contribution in [3.8, 4) is 0 Å².